The molecule has 2 heteroatoms. The maximum absolute atomic E-state index is 10.4. The average molecular weight is 252 g/mol. The molecule has 0 saturated heterocycles. The van der Waals surface area contributed by atoms with Crippen LogP contribution in [0.2, 0.25) is 0 Å². The molecular weight excluding hydrogens is 228 g/mol. The van der Waals surface area contributed by atoms with Gasteiger partial charge in [-0.2, -0.15) is 0 Å². The number of aliphatic hydroxyl groups is 1. The minimum Gasteiger partial charge on any atom is -0.392 e. The molecule has 0 radical (unpaired) electrons. The topological polar surface area (TPSA) is 20.2 Å². The van der Waals surface area contributed by atoms with Crippen molar-refractivity contribution in [1.82, 2.24) is 0 Å². The van der Waals surface area contributed by atoms with Gasteiger partial charge in [0.15, 0.2) is 0 Å². The molecule has 96 valence electrons. The van der Waals surface area contributed by atoms with E-state index in [9.17, 15) is 5.11 Å². The van der Waals surface area contributed by atoms with Crippen molar-refractivity contribution in [2.24, 2.45) is 5.41 Å². The smallest absolute Gasteiger partial charge is 0.0609 e. The van der Waals surface area contributed by atoms with Crippen LogP contribution in [-0.4, -0.2) is 11.2 Å². The summed E-state index contributed by atoms with van der Waals surface area (Å²) < 4.78 is 0. The Bertz CT molecular complexity index is 361. The lowest BCUT2D eigenvalue weighted by Gasteiger charge is -2.29. The van der Waals surface area contributed by atoms with Crippen molar-refractivity contribution in [3.63, 3.8) is 0 Å². The van der Waals surface area contributed by atoms with Crippen molar-refractivity contribution in [3.8, 4) is 0 Å². The maximum atomic E-state index is 10.4. The lowest BCUT2D eigenvalue weighted by atomic mass is 9.80. The van der Waals surface area contributed by atoms with E-state index in [0.29, 0.717) is 11.3 Å². The van der Waals surface area contributed by atoms with Crippen LogP contribution in [0, 0.1) is 5.41 Å². The van der Waals surface area contributed by atoms with E-state index in [4.69, 9.17) is 0 Å². The number of hydrogen-bond donors (Lipinski definition) is 1. The van der Waals surface area contributed by atoms with Crippen molar-refractivity contribution in [1.29, 1.82) is 0 Å². The molecule has 0 aromatic carbocycles. The van der Waals surface area contributed by atoms with Crippen molar-refractivity contribution in [2.75, 3.05) is 0 Å². The van der Waals surface area contributed by atoms with E-state index in [-0.39, 0.29) is 6.10 Å². The van der Waals surface area contributed by atoms with Crippen LogP contribution in [0.15, 0.2) is 11.4 Å². The van der Waals surface area contributed by atoms with Crippen molar-refractivity contribution in [2.45, 2.75) is 64.9 Å². The third-order valence-corrected chi connectivity index (χ3v) is 4.75. The minimum atomic E-state index is -0.150. The Balaban J connectivity index is 2.00. The Morgan fingerprint density at radius 2 is 2.24 bits per heavy atom. The molecule has 1 aliphatic carbocycles. The molecule has 0 spiro atoms. The highest BCUT2D eigenvalue weighted by Crippen LogP contribution is 2.38. The fourth-order valence-electron chi connectivity index (χ4n) is 2.70. The van der Waals surface area contributed by atoms with E-state index in [2.05, 4.69) is 32.2 Å². The Hall–Kier alpha value is -0.340. The normalized spacial score (nSPS) is 22.2. The SMILES string of the molecule is CC(C)(C)CCC(O)C1CCCc2sccc21. The molecular formula is C15H24OS. The second-order valence-corrected chi connectivity index (χ2v) is 7.47. The highest BCUT2D eigenvalue weighted by molar-refractivity contribution is 7.10. The number of aryl methyl sites for hydroxylation is 1. The quantitative estimate of drug-likeness (QED) is 0.847. The van der Waals surface area contributed by atoms with E-state index < -0.39 is 0 Å². The summed E-state index contributed by atoms with van der Waals surface area (Å²) >= 11 is 1.86. The molecule has 0 amide bonds. The fraction of sp³-hybridized carbons (Fsp3) is 0.733. The number of thiophene rings is 1. The van der Waals surface area contributed by atoms with Crippen LogP contribution in [0.1, 0.15) is 62.8 Å². The molecule has 1 nitrogen and oxygen atoms in total. The standard InChI is InChI=1S/C15H24OS/c1-15(2,3)9-7-13(16)11-5-4-6-14-12(11)8-10-17-14/h8,10-11,13,16H,4-7,9H2,1-3H3. The molecule has 0 fully saturated rings. The van der Waals surface area contributed by atoms with Gasteiger partial charge in [-0.1, -0.05) is 20.8 Å². The van der Waals surface area contributed by atoms with E-state index in [0.717, 1.165) is 19.3 Å². The lowest BCUT2D eigenvalue weighted by molar-refractivity contribution is 0.111. The zero-order valence-corrected chi connectivity index (χ0v) is 12.0. The van der Waals surface area contributed by atoms with Crippen LogP contribution in [0.4, 0.5) is 0 Å². The number of fused-ring (bicyclic) bond motifs is 1. The number of rotatable bonds is 3. The van der Waals surface area contributed by atoms with Gasteiger partial charge in [-0.05, 0) is 54.5 Å². The average Bonchev–Trinajstić information content (AvgIpc) is 2.72. The fourth-order valence-corrected chi connectivity index (χ4v) is 3.70. The Kier molecular flexibility index (Phi) is 3.94. The van der Waals surface area contributed by atoms with Crippen LogP contribution >= 0.6 is 11.3 Å². The molecule has 1 heterocycles. The molecule has 0 bridgehead atoms. The van der Waals surface area contributed by atoms with Crippen LogP contribution in [0.5, 0.6) is 0 Å². The number of aliphatic hydroxyl groups excluding tert-OH is 1. The first-order chi connectivity index (χ1) is 7.97. The van der Waals surface area contributed by atoms with Gasteiger partial charge in [-0.3, -0.25) is 0 Å². The number of hydrogen-bond acceptors (Lipinski definition) is 2. The van der Waals surface area contributed by atoms with Gasteiger partial charge in [0.1, 0.15) is 0 Å². The first-order valence-electron chi connectivity index (χ1n) is 6.72. The summed E-state index contributed by atoms with van der Waals surface area (Å²) in [4.78, 5) is 1.51. The van der Waals surface area contributed by atoms with Gasteiger partial charge >= 0.3 is 0 Å². The summed E-state index contributed by atoms with van der Waals surface area (Å²) in [6.07, 6.45) is 5.51. The molecule has 1 aromatic heterocycles. The monoisotopic (exact) mass is 252 g/mol. The van der Waals surface area contributed by atoms with Crippen molar-refractivity contribution >= 4 is 11.3 Å². The van der Waals surface area contributed by atoms with Crippen molar-refractivity contribution < 1.29 is 5.11 Å². The lowest BCUT2D eigenvalue weighted by Crippen LogP contribution is -2.23. The summed E-state index contributed by atoms with van der Waals surface area (Å²) in [6, 6.07) is 2.23. The molecule has 0 saturated carbocycles. The summed E-state index contributed by atoms with van der Waals surface area (Å²) in [7, 11) is 0. The van der Waals surface area contributed by atoms with Gasteiger partial charge in [-0.25, -0.2) is 0 Å². The summed E-state index contributed by atoms with van der Waals surface area (Å²) in [5, 5.41) is 12.6. The maximum Gasteiger partial charge on any atom is 0.0609 e. The minimum absolute atomic E-state index is 0.150. The van der Waals surface area contributed by atoms with E-state index >= 15 is 0 Å². The summed E-state index contributed by atoms with van der Waals surface area (Å²) in [6.45, 7) is 6.74. The van der Waals surface area contributed by atoms with E-state index in [1.165, 1.54) is 23.3 Å². The predicted octanol–water partition coefficient (Wildman–Crippen LogP) is 4.36. The first kappa shape index (κ1) is 13.1. The van der Waals surface area contributed by atoms with E-state index in [1.54, 1.807) is 0 Å². The molecule has 1 N–H and O–H groups in total. The first-order valence-corrected chi connectivity index (χ1v) is 7.60. The second-order valence-electron chi connectivity index (χ2n) is 6.46. The van der Waals surface area contributed by atoms with Gasteiger partial charge < -0.3 is 5.11 Å². The molecule has 17 heavy (non-hydrogen) atoms. The van der Waals surface area contributed by atoms with Crippen LogP contribution < -0.4 is 0 Å². The highest BCUT2D eigenvalue weighted by atomic mass is 32.1. The zero-order chi connectivity index (χ0) is 12.5. The summed E-state index contributed by atoms with van der Waals surface area (Å²) in [5.74, 6) is 0.396. The predicted molar refractivity (Wildman–Crippen MR) is 74.7 cm³/mol. The third-order valence-electron chi connectivity index (χ3n) is 3.75. The zero-order valence-electron chi connectivity index (χ0n) is 11.2. The van der Waals surface area contributed by atoms with Gasteiger partial charge in [0.2, 0.25) is 0 Å². The molecule has 2 atom stereocenters. The molecule has 1 aliphatic rings. The van der Waals surface area contributed by atoms with E-state index in [1.807, 2.05) is 11.3 Å². The summed E-state index contributed by atoms with van der Waals surface area (Å²) in [5.41, 5.74) is 1.76. The van der Waals surface area contributed by atoms with Gasteiger partial charge in [0.05, 0.1) is 6.10 Å². The van der Waals surface area contributed by atoms with Gasteiger partial charge in [0, 0.05) is 10.8 Å². The van der Waals surface area contributed by atoms with Crippen LogP contribution in [-0.2, 0) is 6.42 Å². The largest absolute Gasteiger partial charge is 0.392 e. The Morgan fingerprint density at radius 1 is 1.47 bits per heavy atom. The molecule has 2 rings (SSSR count). The third kappa shape index (κ3) is 3.32. The Morgan fingerprint density at radius 3 is 2.94 bits per heavy atom. The molecule has 2 unspecified atom stereocenters. The van der Waals surface area contributed by atoms with Gasteiger partial charge in [-0.15, -0.1) is 11.3 Å². The van der Waals surface area contributed by atoms with Crippen LogP contribution in [0.25, 0.3) is 0 Å². The molecule has 0 aliphatic heterocycles. The van der Waals surface area contributed by atoms with Crippen LogP contribution in [0.3, 0.4) is 0 Å². The molecule has 1 aromatic rings. The second kappa shape index (κ2) is 5.11. The van der Waals surface area contributed by atoms with Gasteiger partial charge in [0.25, 0.3) is 0 Å². The highest BCUT2D eigenvalue weighted by Gasteiger charge is 2.28. The Labute approximate surface area is 109 Å². The van der Waals surface area contributed by atoms with Crippen molar-refractivity contribution in [3.05, 3.63) is 21.9 Å².